The van der Waals surface area contributed by atoms with Gasteiger partial charge in [0.25, 0.3) is 0 Å². The van der Waals surface area contributed by atoms with Gasteiger partial charge in [0, 0.05) is 12.3 Å². The van der Waals surface area contributed by atoms with E-state index in [0.29, 0.717) is 23.7 Å². The Kier molecular flexibility index (Phi) is 2.83. The Morgan fingerprint density at radius 3 is 3.00 bits per heavy atom. The zero-order valence-electron chi connectivity index (χ0n) is 8.77. The lowest BCUT2D eigenvalue weighted by Gasteiger charge is -2.06. The van der Waals surface area contributed by atoms with E-state index in [4.69, 9.17) is 9.78 Å². The summed E-state index contributed by atoms with van der Waals surface area (Å²) in [7, 11) is 0. The van der Waals surface area contributed by atoms with Gasteiger partial charge in [-0.05, 0) is 18.6 Å². The van der Waals surface area contributed by atoms with Crippen LogP contribution in [0.3, 0.4) is 0 Å². The van der Waals surface area contributed by atoms with E-state index in [1.54, 1.807) is 24.5 Å². The van der Waals surface area contributed by atoms with E-state index < -0.39 is 0 Å². The van der Waals surface area contributed by atoms with Crippen molar-refractivity contribution in [3.05, 3.63) is 41.4 Å². The fraction of sp³-hybridized carbons (Fsp3) is 0.182. The Hall–Kier alpha value is -2.35. The van der Waals surface area contributed by atoms with Crippen molar-refractivity contribution in [2.75, 3.05) is 5.32 Å². The zero-order chi connectivity index (χ0) is 11.4. The number of nitriles is 1. The highest BCUT2D eigenvalue weighted by atomic mass is 16.5. The predicted molar refractivity (Wildman–Crippen MR) is 57.5 cm³/mol. The summed E-state index contributed by atoms with van der Waals surface area (Å²) in [5.74, 6) is 1.27. The summed E-state index contributed by atoms with van der Waals surface area (Å²) < 4.78 is 4.94. The number of aromatic nitrogens is 2. The maximum absolute atomic E-state index is 8.99. The van der Waals surface area contributed by atoms with E-state index in [2.05, 4.69) is 21.5 Å². The Labute approximate surface area is 92.7 Å². The van der Waals surface area contributed by atoms with Crippen LogP contribution in [0.15, 0.2) is 29.0 Å². The van der Waals surface area contributed by atoms with E-state index >= 15 is 0 Å². The number of nitrogens with one attached hydrogen (secondary N) is 1. The number of pyridine rings is 1. The molecule has 2 aromatic rings. The van der Waals surface area contributed by atoms with Gasteiger partial charge >= 0.3 is 0 Å². The molecule has 16 heavy (non-hydrogen) atoms. The molecule has 5 heteroatoms. The largest absolute Gasteiger partial charge is 0.362 e. The monoisotopic (exact) mass is 214 g/mol. The highest BCUT2D eigenvalue weighted by Crippen LogP contribution is 2.15. The van der Waals surface area contributed by atoms with Gasteiger partial charge in [0.2, 0.25) is 0 Å². The quantitative estimate of drug-likeness (QED) is 0.844. The molecule has 0 saturated heterocycles. The lowest BCUT2D eigenvalue weighted by molar-refractivity contribution is 0.388. The third-order valence-corrected chi connectivity index (χ3v) is 2.19. The van der Waals surface area contributed by atoms with Crippen LogP contribution in [0.25, 0.3) is 0 Å². The third-order valence-electron chi connectivity index (χ3n) is 2.19. The smallest absolute Gasteiger partial charge is 0.155 e. The average molecular weight is 214 g/mol. The summed E-state index contributed by atoms with van der Waals surface area (Å²) >= 11 is 0. The molecule has 0 aliphatic heterocycles. The van der Waals surface area contributed by atoms with Gasteiger partial charge in [0.1, 0.15) is 11.9 Å². The fourth-order valence-corrected chi connectivity index (χ4v) is 1.34. The van der Waals surface area contributed by atoms with Crippen molar-refractivity contribution in [2.24, 2.45) is 0 Å². The minimum atomic E-state index is 0.463. The zero-order valence-corrected chi connectivity index (χ0v) is 8.77. The van der Waals surface area contributed by atoms with Gasteiger partial charge in [0.15, 0.2) is 5.76 Å². The molecule has 0 aliphatic rings. The molecule has 0 amide bonds. The number of aryl methyl sites for hydroxylation is 1. The molecule has 80 valence electrons. The first-order valence-electron chi connectivity index (χ1n) is 4.80. The molecule has 0 saturated carbocycles. The highest BCUT2D eigenvalue weighted by Gasteiger charge is 2.06. The summed E-state index contributed by atoms with van der Waals surface area (Å²) in [6.07, 6.45) is 3.24. The first-order valence-corrected chi connectivity index (χ1v) is 4.80. The van der Waals surface area contributed by atoms with Crippen molar-refractivity contribution in [2.45, 2.75) is 13.5 Å². The second kappa shape index (κ2) is 4.45. The van der Waals surface area contributed by atoms with E-state index in [1.807, 2.05) is 6.92 Å². The van der Waals surface area contributed by atoms with Crippen molar-refractivity contribution in [3.63, 3.8) is 0 Å². The van der Waals surface area contributed by atoms with Crippen molar-refractivity contribution < 1.29 is 4.52 Å². The standard InChI is InChI=1S/C11H10N4O/c1-8-2-4-13-11(10(8)6-12)14-7-9-3-5-15-16-9/h2-5H,7H2,1H3,(H,13,14). The first-order chi connectivity index (χ1) is 7.81. The fourth-order valence-electron chi connectivity index (χ4n) is 1.34. The van der Waals surface area contributed by atoms with Gasteiger partial charge < -0.3 is 9.84 Å². The Morgan fingerprint density at radius 1 is 1.44 bits per heavy atom. The molecule has 0 fully saturated rings. The lowest BCUT2D eigenvalue weighted by atomic mass is 10.1. The van der Waals surface area contributed by atoms with E-state index in [0.717, 1.165) is 5.56 Å². The normalized spacial score (nSPS) is 9.75. The Bertz CT molecular complexity index is 513. The minimum Gasteiger partial charge on any atom is -0.362 e. The van der Waals surface area contributed by atoms with Gasteiger partial charge in [-0.2, -0.15) is 5.26 Å². The number of hydrogen-bond donors (Lipinski definition) is 1. The molecule has 0 aromatic carbocycles. The molecule has 1 N–H and O–H groups in total. The van der Waals surface area contributed by atoms with Gasteiger partial charge in [-0.15, -0.1) is 0 Å². The number of anilines is 1. The molecule has 2 rings (SSSR count). The summed E-state index contributed by atoms with van der Waals surface area (Å²) in [5, 5.41) is 15.6. The van der Waals surface area contributed by atoms with Crippen molar-refractivity contribution in [1.82, 2.24) is 10.1 Å². The van der Waals surface area contributed by atoms with Crippen LogP contribution in [0.1, 0.15) is 16.9 Å². The van der Waals surface area contributed by atoms with E-state index in [-0.39, 0.29) is 0 Å². The van der Waals surface area contributed by atoms with Crippen LogP contribution in [0.2, 0.25) is 0 Å². The van der Waals surface area contributed by atoms with E-state index in [1.165, 1.54) is 0 Å². The predicted octanol–water partition coefficient (Wildman–Crippen LogP) is 1.86. The van der Waals surface area contributed by atoms with Crippen molar-refractivity contribution >= 4 is 5.82 Å². The molecular formula is C11H10N4O. The van der Waals surface area contributed by atoms with Crippen LogP contribution in [-0.4, -0.2) is 10.1 Å². The van der Waals surface area contributed by atoms with Crippen LogP contribution in [0, 0.1) is 18.3 Å². The summed E-state index contributed by atoms with van der Waals surface area (Å²) in [6, 6.07) is 5.69. The maximum Gasteiger partial charge on any atom is 0.155 e. The van der Waals surface area contributed by atoms with Crippen molar-refractivity contribution in [3.8, 4) is 6.07 Å². The summed E-state index contributed by atoms with van der Waals surface area (Å²) in [5.41, 5.74) is 1.46. The molecule has 5 nitrogen and oxygen atoms in total. The number of hydrogen-bond acceptors (Lipinski definition) is 5. The summed E-state index contributed by atoms with van der Waals surface area (Å²) in [4.78, 5) is 4.11. The van der Waals surface area contributed by atoms with Crippen LogP contribution >= 0.6 is 0 Å². The Morgan fingerprint density at radius 2 is 2.31 bits per heavy atom. The third kappa shape index (κ3) is 2.01. The average Bonchev–Trinajstić information content (AvgIpc) is 2.79. The van der Waals surface area contributed by atoms with Crippen LogP contribution in [-0.2, 0) is 6.54 Å². The Balaban J connectivity index is 2.16. The lowest BCUT2D eigenvalue weighted by Crippen LogP contribution is -2.03. The number of rotatable bonds is 3. The van der Waals surface area contributed by atoms with Gasteiger partial charge in [-0.1, -0.05) is 5.16 Å². The summed E-state index contributed by atoms with van der Waals surface area (Å²) in [6.45, 7) is 2.34. The second-order valence-corrected chi connectivity index (χ2v) is 3.30. The molecule has 0 aliphatic carbocycles. The number of nitrogens with zero attached hydrogens (tertiary/aromatic N) is 3. The second-order valence-electron chi connectivity index (χ2n) is 3.30. The van der Waals surface area contributed by atoms with E-state index in [9.17, 15) is 0 Å². The molecule has 0 radical (unpaired) electrons. The molecule has 0 spiro atoms. The van der Waals surface area contributed by atoms with Gasteiger partial charge in [0.05, 0.1) is 18.3 Å². The molecule has 2 heterocycles. The highest BCUT2D eigenvalue weighted by molar-refractivity contribution is 5.55. The molecular weight excluding hydrogens is 204 g/mol. The van der Waals surface area contributed by atoms with Gasteiger partial charge in [-0.25, -0.2) is 4.98 Å². The van der Waals surface area contributed by atoms with Crippen molar-refractivity contribution in [1.29, 1.82) is 5.26 Å². The molecule has 0 unspecified atom stereocenters. The topological polar surface area (TPSA) is 74.7 Å². The molecule has 0 atom stereocenters. The molecule has 2 aromatic heterocycles. The van der Waals surface area contributed by atoms with Crippen LogP contribution < -0.4 is 5.32 Å². The minimum absolute atomic E-state index is 0.463. The van der Waals surface area contributed by atoms with Gasteiger partial charge in [-0.3, -0.25) is 0 Å². The first kappa shape index (κ1) is 10.2. The SMILES string of the molecule is Cc1ccnc(NCc2ccno2)c1C#N. The van der Waals surface area contributed by atoms with Crippen LogP contribution in [0.5, 0.6) is 0 Å². The molecule has 0 bridgehead atoms. The maximum atomic E-state index is 8.99. The van der Waals surface area contributed by atoms with Crippen LogP contribution in [0.4, 0.5) is 5.82 Å².